The summed E-state index contributed by atoms with van der Waals surface area (Å²) in [6.07, 6.45) is 6.40. The van der Waals surface area contributed by atoms with Crippen molar-refractivity contribution < 1.29 is 4.74 Å². The maximum atomic E-state index is 5.22. The molecule has 1 fully saturated rings. The minimum atomic E-state index is 0.582. The highest BCUT2D eigenvalue weighted by molar-refractivity contribution is 5.93. The summed E-state index contributed by atoms with van der Waals surface area (Å²) in [5, 5.41) is 4.28. The largest absolute Gasteiger partial charge is 0.504 e. The number of piperidine rings is 1. The van der Waals surface area contributed by atoms with Crippen LogP contribution in [0, 0.1) is 5.92 Å². The number of aromatic nitrogens is 2. The number of rotatable bonds is 9. The third-order valence-electron chi connectivity index (χ3n) is 5.98. The Hall–Kier alpha value is -2.50. The molecule has 6 heteroatoms. The molecule has 30 heavy (non-hydrogen) atoms. The van der Waals surface area contributed by atoms with Gasteiger partial charge in [-0.25, -0.2) is 4.98 Å². The molecule has 0 bridgehead atoms. The second kappa shape index (κ2) is 10.5. The molecule has 0 amide bonds. The molecule has 2 aromatic rings. The molecule has 0 aliphatic carbocycles. The van der Waals surface area contributed by atoms with Gasteiger partial charge in [0.25, 0.3) is 0 Å². The highest BCUT2D eigenvalue weighted by Crippen LogP contribution is 2.33. The number of nitrogens with one attached hydrogen (secondary N) is 1. The lowest BCUT2D eigenvalue weighted by Crippen LogP contribution is -2.35. The van der Waals surface area contributed by atoms with Crippen LogP contribution in [0.4, 0.5) is 17.5 Å². The first-order valence-electron chi connectivity index (χ1n) is 11.3. The Morgan fingerprint density at radius 3 is 2.50 bits per heavy atom. The average molecular weight is 412 g/mol. The van der Waals surface area contributed by atoms with Gasteiger partial charge < -0.3 is 19.9 Å². The zero-order chi connectivity index (χ0) is 21.5. The van der Waals surface area contributed by atoms with Gasteiger partial charge in [-0.15, -0.1) is 0 Å². The summed E-state index contributed by atoms with van der Waals surface area (Å²) in [5.74, 6) is 2.31. The maximum Gasteiger partial charge on any atom is 0.224 e. The van der Waals surface area contributed by atoms with E-state index in [1.807, 2.05) is 13.3 Å². The van der Waals surface area contributed by atoms with Gasteiger partial charge in [-0.05, 0) is 62.3 Å². The molecule has 3 rings (SSSR count). The van der Waals surface area contributed by atoms with Gasteiger partial charge in [-0.2, -0.15) is 4.98 Å². The van der Waals surface area contributed by atoms with Crippen molar-refractivity contribution >= 4 is 28.4 Å². The summed E-state index contributed by atoms with van der Waals surface area (Å²) in [6.45, 7) is 10.8. The Morgan fingerprint density at radius 2 is 1.90 bits per heavy atom. The van der Waals surface area contributed by atoms with Gasteiger partial charge in [0.1, 0.15) is 5.82 Å². The van der Waals surface area contributed by atoms with E-state index in [0.29, 0.717) is 11.9 Å². The number of benzene rings is 1. The molecule has 1 saturated heterocycles. The number of hydrogen-bond donors (Lipinski definition) is 1. The molecule has 1 aromatic heterocycles. The van der Waals surface area contributed by atoms with Crippen LogP contribution in [0.1, 0.15) is 46.5 Å². The molecule has 6 nitrogen and oxygen atoms in total. The van der Waals surface area contributed by atoms with Crippen LogP contribution in [-0.2, 0) is 4.74 Å². The Labute approximate surface area is 181 Å². The van der Waals surface area contributed by atoms with Gasteiger partial charge in [0.15, 0.2) is 0 Å². The van der Waals surface area contributed by atoms with Crippen molar-refractivity contribution in [2.75, 3.05) is 55.5 Å². The lowest BCUT2D eigenvalue weighted by molar-refractivity contribution is 0.323. The van der Waals surface area contributed by atoms with Crippen molar-refractivity contribution in [3.8, 4) is 0 Å². The summed E-state index contributed by atoms with van der Waals surface area (Å²) in [5.41, 5.74) is 3.60. The van der Waals surface area contributed by atoms with Crippen LogP contribution in [0.3, 0.4) is 0 Å². The lowest BCUT2D eigenvalue weighted by atomic mass is 9.90. The molecule has 0 saturated carbocycles. The van der Waals surface area contributed by atoms with Crippen LogP contribution in [0.2, 0.25) is 0 Å². The molecule has 1 N–H and O–H groups in total. The minimum absolute atomic E-state index is 0.582. The summed E-state index contributed by atoms with van der Waals surface area (Å²) in [6, 6.07) is 6.64. The van der Waals surface area contributed by atoms with E-state index >= 15 is 0 Å². The highest BCUT2D eigenvalue weighted by atomic mass is 16.5. The van der Waals surface area contributed by atoms with Crippen molar-refractivity contribution in [1.82, 2.24) is 9.97 Å². The molecule has 2 heterocycles. The minimum Gasteiger partial charge on any atom is -0.504 e. The first-order chi connectivity index (χ1) is 14.6. The smallest absolute Gasteiger partial charge is 0.224 e. The topological polar surface area (TPSA) is 53.5 Å². The van der Waals surface area contributed by atoms with Crippen molar-refractivity contribution in [3.05, 3.63) is 30.0 Å². The Kier molecular flexibility index (Phi) is 7.77. The van der Waals surface area contributed by atoms with Crippen LogP contribution < -0.4 is 15.1 Å². The van der Waals surface area contributed by atoms with Crippen molar-refractivity contribution in [1.29, 1.82) is 0 Å². The number of nitrogens with zero attached hydrogens (tertiary/aromatic N) is 4. The molecule has 1 aromatic carbocycles. The highest BCUT2D eigenvalue weighted by Gasteiger charge is 2.24. The third-order valence-corrected chi connectivity index (χ3v) is 5.98. The first kappa shape index (κ1) is 22.2. The number of methoxy groups -OCH3 is 1. The summed E-state index contributed by atoms with van der Waals surface area (Å²) >= 11 is 0. The molecule has 0 atom stereocenters. The molecular formula is C24H37N5O. The zero-order valence-corrected chi connectivity index (χ0v) is 19.2. The molecular weight excluding hydrogens is 374 g/mol. The fourth-order valence-corrected chi connectivity index (χ4v) is 4.39. The van der Waals surface area contributed by atoms with Crippen molar-refractivity contribution in [3.63, 3.8) is 0 Å². The summed E-state index contributed by atoms with van der Waals surface area (Å²) < 4.78 is 5.22. The molecule has 1 aliphatic rings. The first-order valence-corrected chi connectivity index (χ1v) is 11.3. The maximum absolute atomic E-state index is 5.22. The summed E-state index contributed by atoms with van der Waals surface area (Å²) in [7, 11) is 3.61. The van der Waals surface area contributed by atoms with Crippen LogP contribution in [0.15, 0.2) is 30.0 Å². The number of allylic oxidation sites excluding steroid dienone is 1. The van der Waals surface area contributed by atoms with Gasteiger partial charge >= 0.3 is 0 Å². The van der Waals surface area contributed by atoms with Gasteiger partial charge in [-0.3, -0.25) is 0 Å². The fraction of sp³-hybridized carbons (Fsp3) is 0.583. The van der Waals surface area contributed by atoms with Crippen LogP contribution in [0.25, 0.3) is 10.9 Å². The second-order valence-corrected chi connectivity index (χ2v) is 8.17. The number of anilines is 3. The van der Waals surface area contributed by atoms with Gasteiger partial charge in [0.05, 0.1) is 18.9 Å². The van der Waals surface area contributed by atoms with Gasteiger partial charge in [-0.1, -0.05) is 13.8 Å². The monoisotopic (exact) mass is 411 g/mol. The molecule has 164 valence electrons. The van der Waals surface area contributed by atoms with Crippen molar-refractivity contribution in [2.24, 2.45) is 5.92 Å². The molecule has 0 radical (unpaired) electrons. The summed E-state index contributed by atoms with van der Waals surface area (Å²) in [4.78, 5) is 14.5. The van der Waals surface area contributed by atoms with E-state index in [1.165, 1.54) is 11.3 Å². The zero-order valence-electron chi connectivity index (χ0n) is 19.2. The van der Waals surface area contributed by atoms with E-state index < -0.39 is 0 Å². The molecule has 0 unspecified atom stereocenters. The van der Waals surface area contributed by atoms with Gasteiger partial charge in [0, 0.05) is 44.3 Å². The quantitative estimate of drug-likeness (QED) is 0.582. The van der Waals surface area contributed by atoms with E-state index in [1.54, 1.807) is 7.11 Å². The number of fused-ring (bicyclic) bond motifs is 1. The normalized spacial score (nSPS) is 15.5. The predicted octanol–water partition coefficient (Wildman–Crippen LogP) is 5.06. The third kappa shape index (κ3) is 4.97. The SMILES string of the molecule is CCCN(CCC)c1ccc2nc(NC)nc(N3CCC(/C(C)=C\OC)CC3)c2c1. The van der Waals surface area contributed by atoms with Crippen LogP contribution >= 0.6 is 0 Å². The average Bonchev–Trinajstić information content (AvgIpc) is 2.78. The van der Waals surface area contributed by atoms with E-state index in [9.17, 15) is 0 Å². The number of ether oxygens (including phenoxy) is 1. The molecule has 0 spiro atoms. The van der Waals surface area contributed by atoms with E-state index in [2.05, 4.69) is 54.1 Å². The van der Waals surface area contributed by atoms with E-state index in [-0.39, 0.29) is 0 Å². The van der Waals surface area contributed by atoms with E-state index in [4.69, 9.17) is 14.7 Å². The molecule has 1 aliphatic heterocycles. The fourth-order valence-electron chi connectivity index (χ4n) is 4.39. The Bertz CT molecular complexity index is 852. The number of hydrogen-bond acceptors (Lipinski definition) is 6. The Balaban J connectivity index is 1.94. The van der Waals surface area contributed by atoms with Crippen LogP contribution in [-0.4, -0.2) is 50.3 Å². The predicted molar refractivity (Wildman–Crippen MR) is 128 cm³/mol. The second-order valence-electron chi connectivity index (χ2n) is 8.17. The van der Waals surface area contributed by atoms with E-state index in [0.717, 1.165) is 68.6 Å². The van der Waals surface area contributed by atoms with Gasteiger partial charge in [0.2, 0.25) is 5.95 Å². The standard InChI is InChI=1S/C24H37N5O/c1-6-12-28(13-7-2)20-8-9-22-21(16-20)23(27-24(25-4)26-22)29-14-10-19(11-15-29)18(3)17-30-5/h8-9,16-17,19H,6-7,10-15H2,1-5H3,(H,25,26,27)/b18-17-. The Morgan fingerprint density at radius 1 is 1.20 bits per heavy atom. The van der Waals surface area contributed by atoms with Crippen molar-refractivity contribution in [2.45, 2.75) is 46.5 Å². The van der Waals surface area contributed by atoms with Crippen LogP contribution in [0.5, 0.6) is 0 Å². The lowest BCUT2D eigenvalue weighted by Gasteiger charge is -2.34.